The zero-order valence-electron chi connectivity index (χ0n) is 22.7. The maximum atomic E-state index is 13.6. The van der Waals surface area contributed by atoms with E-state index in [0.717, 1.165) is 60.8 Å². The summed E-state index contributed by atoms with van der Waals surface area (Å²) in [6.07, 6.45) is 3.81. The lowest BCUT2D eigenvalue weighted by atomic mass is 10.0. The number of likely N-dealkylation sites (N-methyl/N-ethyl adjacent to an activating group) is 1. The van der Waals surface area contributed by atoms with E-state index in [1.165, 1.54) is 0 Å². The predicted octanol–water partition coefficient (Wildman–Crippen LogP) is 3.61. The Bertz CT molecular complexity index is 1300. The molecule has 0 bridgehead atoms. The summed E-state index contributed by atoms with van der Waals surface area (Å²) >= 11 is 0. The van der Waals surface area contributed by atoms with Crippen molar-refractivity contribution in [3.8, 4) is 0 Å². The molecule has 204 valence electrons. The van der Waals surface area contributed by atoms with E-state index in [-0.39, 0.29) is 30.3 Å². The average molecular weight is 527 g/mol. The molecule has 3 aromatic carbocycles. The van der Waals surface area contributed by atoms with E-state index in [1.807, 2.05) is 53.4 Å². The van der Waals surface area contributed by atoms with Crippen molar-refractivity contribution in [2.45, 2.75) is 50.7 Å². The van der Waals surface area contributed by atoms with Crippen molar-refractivity contribution < 1.29 is 14.4 Å². The maximum Gasteiger partial charge on any atom is 0.245 e. The van der Waals surface area contributed by atoms with E-state index in [0.29, 0.717) is 19.4 Å². The molecule has 0 radical (unpaired) electrons. The third-order valence-electron chi connectivity index (χ3n) is 8.00. The molecule has 2 aliphatic heterocycles. The van der Waals surface area contributed by atoms with Crippen LogP contribution in [0.5, 0.6) is 0 Å². The minimum Gasteiger partial charge on any atom is -0.343 e. The molecule has 0 aliphatic carbocycles. The number of amides is 3. The largest absolute Gasteiger partial charge is 0.343 e. The van der Waals surface area contributed by atoms with Crippen molar-refractivity contribution in [1.82, 2.24) is 20.0 Å². The third kappa shape index (κ3) is 6.84. The minimum atomic E-state index is -0.660. The van der Waals surface area contributed by atoms with Gasteiger partial charge in [-0.05, 0) is 41.2 Å². The number of nitrogens with one attached hydrogen (secondary N) is 1. The minimum absolute atomic E-state index is 0.105. The number of carbonyl (C=O) groups is 3. The highest BCUT2D eigenvalue weighted by atomic mass is 16.2. The molecule has 3 amide bonds. The number of hydrogen-bond acceptors (Lipinski definition) is 4. The molecular formula is C32H38N4O3. The maximum absolute atomic E-state index is 13.6. The molecule has 0 unspecified atom stereocenters. The Hall–Kier alpha value is -3.71. The van der Waals surface area contributed by atoms with E-state index in [4.69, 9.17) is 0 Å². The molecule has 39 heavy (non-hydrogen) atoms. The quantitative estimate of drug-likeness (QED) is 0.462. The number of hydrogen-bond donors (Lipinski definition) is 1. The van der Waals surface area contributed by atoms with Crippen molar-refractivity contribution in [2.24, 2.45) is 0 Å². The molecule has 1 N–H and O–H groups in total. The Morgan fingerprint density at radius 2 is 1.64 bits per heavy atom. The van der Waals surface area contributed by atoms with E-state index in [1.54, 1.807) is 11.9 Å². The number of rotatable bonds is 9. The van der Waals surface area contributed by atoms with Crippen molar-refractivity contribution in [3.05, 3.63) is 83.9 Å². The Morgan fingerprint density at radius 3 is 2.36 bits per heavy atom. The molecule has 0 aromatic heterocycles. The van der Waals surface area contributed by atoms with E-state index < -0.39 is 6.04 Å². The van der Waals surface area contributed by atoms with Crippen LogP contribution >= 0.6 is 0 Å². The molecule has 3 aromatic rings. The van der Waals surface area contributed by atoms with E-state index in [2.05, 4.69) is 34.5 Å². The summed E-state index contributed by atoms with van der Waals surface area (Å²) in [7, 11) is 1.79. The number of carbonyl (C=O) groups excluding carboxylic acids is 3. The van der Waals surface area contributed by atoms with Gasteiger partial charge in [-0.3, -0.25) is 19.3 Å². The molecule has 0 saturated carbocycles. The van der Waals surface area contributed by atoms with Gasteiger partial charge in [0, 0.05) is 52.1 Å². The fraction of sp³-hybridized carbons (Fsp3) is 0.406. The van der Waals surface area contributed by atoms with Crippen LogP contribution in [0.1, 0.15) is 36.8 Å². The topological polar surface area (TPSA) is 73.0 Å². The van der Waals surface area contributed by atoms with Crippen LogP contribution in [0, 0.1) is 0 Å². The Kier molecular flexibility index (Phi) is 8.57. The lowest BCUT2D eigenvalue weighted by Crippen LogP contribution is -2.52. The second kappa shape index (κ2) is 12.4. The van der Waals surface area contributed by atoms with E-state index in [9.17, 15) is 14.4 Å². The smallest absolute Gasteiger partial charge is 0.245 e. The van der Waals surface area contributed by atoms with Gasteiger partial charge in [-0.25, -0.2) is 0 Å². The first-order valence-electron chi connectivity index (χ1n) is 14.0. The second-order valence-electron chi connectivity index (χ2n) is 10.9. The zero-order chi connectivity index (χ0) is 27.2. The summed E-state index contributed by atoms with van der Waals surface area (Å²) < 4.78 is 0. The third-order valence-corrected chi connectivity index (χ3v) is 8.00. The number of fused-ring (bicyclic) bond motifs is 1. The summed E-state index contributed by atoms with van der Waals surface area (Å²) in [6.45, 7) is 3.15. The standard InChI is InChI=1S/C32H38N4O3/c1-34(22-24-8-3-2-4-9-24)32(39)29(21-25-13-14-26-10-5-6-11-27(26)20-25)33-30(37)23-35-18-15-28(16-19-35)36-17-7-12-31(36)38/h2-6,8-11,13-14,20,28-29H,7,12,15-19,21-23H2,1H3,(H,33,37)/t29-/m0/s1. The SMILES string of the molecule is CN(Cc1ccccc1)C(=O)[C@H](Cc1ccc2ccccc2c1)NC(=O)CN1CCC(N2CCCC2=O)CC1. The van der Waals surface area contributed by atoms with Crippen molar-refractivity contribution >= 4 is 28.5 Å². The Labute approximate surface area is 230 Å². The van der Waals surface area contributed by atoms with Gasteiger partial charge in [-0.2, -0.15) is 0 Å². The lowest BCUT2D eigenvalue weighted by Gasteiger charge is -2.36. The van der Waals surface area contributed by atoms with Crippen LogP contribution in [0.25, 0.3) is 10.8 Å². The van der Waals surface area contributed by atoms with Crippen LogP contribution in [0.15, 0.2) is 72.8 Å². The van der Waals surface area contributed by atoms with Crippen LogP contribution in [0.4, 0.5) is 0 Å². The second-order valence-corrected chi connectivity index (χ2v) is 10.9. The van der Waals surface area contributed by atoms with Crippen LogP contribution in [0.3, 0.4) is 0 Å². The molecule has 1 atom stereocenters. The zero-order valence-corrected chi connectivity index (χ0v) is 22.7. The summed E-state index contributed by atoms with van der Waals surface area (Å²) in [5, 5.41) is 5.33. The molecule has 7 heteroatoms. The number of benzene rings is 3. The van der Waals surface area contributed by atoms with Gasteiger partial charge < -0.3 is 15.1 Å². The highest BCUT2D eigenvalue weighted by Crippen LogP contribution is 2.22. The Balaban J connectivity index is 1.24. The molecule has 2 saturated heterocycles. The van der Waals surface area contributed by atoms with Gasteiger partial charge >= 0.3 is 0 Å². The summed E-state index contributed by atoms with van der Waals surface area (Å²) in [6, 6.07) is 23.9. The van der Waals surface area contributed by atoms with Crippen molar-refractivity contribution in [3.63, 3.8) is 0 Å². The predicted molar refractivity (Wildman–Crippen MR) is 153 cm³/mol. The lowest BCUT2D eigenvalue weighted by molar-refractivity contribution is -0.136. The van der Waals surface area contributed by atoms with Gasteiger partial charge in [0.2, 0.25) is 17.7 Å². The van der Waals surface area contributed by atoms with Gasteiger partial charge in [0.25, 0.3) is 0 Å². The number of piperidine rings is 1. The van der Waals surface area contributed by atoms with Gasteiger partial charge in [-0.1, -0.05) is 72.8 Å². The highest BCUT2D eigenvalue weighted by molar-refractivity contribution is 5.89. The fourth-order valence-electron chi connectivity index (χ4n) is 5.89. The molecule has 0 spiro atoms. The molecule has 5 rings (SSSR count). The molecule has 2 fully saturated rings. The highest BCUT2D eigenvalue weighted by Gasteiger charge is 2.32. The van der Waals surface area contributed by atoms with Gasteiger partial charge in [0.15, 0.2) is 0 Å². The van der Waals surface area contributed by atoms with Crippen LogP contribution in [0.2, 0.25) is 0 Å². The van der Waals surface area contributed by atoms with Crippen LogP contribution in [-0.4, -0.2) is 77.7 Å². The monoisotopic (exact) mass is 526 g/mol. The first kappa shape index (κ1) is 26.9. The summed E-state index contributed by atoms with van der Waals surface area (Å²) in [5.41, 5.74) is 2.06. The van der Waals surface area contributed by atoms with Crippen molar-refractivity contribution in [2.75, 3.05) is 33.2 Å². The van der Waals surface area contributed by atoms with Gasteiger partial charge in [0.1, 0.15) is 6.04 Å². The number of likely N-dealkylation sites (tertiary alicyclic amines) is 2. The first-order valence-corrected chi connectivity index (χ1v) is 14.0. The van der Waals surface area contributed by atoms with Crippen molar-refractivity contribution in [1.29, 1.82) is 0 Å². The molecule has 7 nitrogen and oxygen atoms in total. The average Bonchev–Trinajstić information content (AvgIpc) is 3.39. The normalized spacial score (nSPS) is 17.4. The Morgan fingerprint density at radius 1 is 0.923 bits per heavy atom. The van der Waals surface area contributed by atoms with E-state index >= 15 is 0 Å². The number of nitrogens with zero attached hydrogens (tertiary/aromatic N) is 3. The molecular weight excluding hydrogens is 488 g/mol. The molecule has 2 aliphatic rings. The van der Waals surface area contributed by atoms with Gasteiger partial charge in [0.05, 0.1) is 6.54 Å². The summed E-state index contributed by atoms with van der Waals surface area (Å²) in [4.78, 5) is 44.8. The van der Waals surface area contributed by atoms with Gasteiger partial charge in [-0.15, -0.1) is 0 Å². The van der Waals surface area contributed by atoms with Crippen LogP contribution in [-0.2, 0) is 27.3 Å². The summed E-state index contributed by atoms with van der Waals surface area (Å²) in [5.74, 6) is 0.0189. The fourth-order valence-corrected chi connectivity index (χ4v) is 5.89. The molecule has 2 heterocycles. The van der Waals surface area contributed by atoms with Crippen LogP contribution < -0.4 is 5.32 Å². The first-order chi connectivity index (χ1) is 19.0.